The summed E-state index contributed by atoms with van der Waals surface area (Å²) in [5.41, 5.74) is 2.47. The van der Waals surface area contributed by atoms with Gasteiger partial charge in [0.25, 0.3) is 5.91 Å². The number of carbonyl (C=O) groups is 1. The number of carbonyl (C=O) groups excluding carboxylic acids is 1. The highest BCUT2D eigenvalue weighted by Crippen LogP contribution is 2.18. The van der Waals surface area contributed by atoms with E-state index in [4.69, 9.17) is 5.84 Å². The average molecular weight is 285 g/mol. The fraction of sp³-hybridized carbons (Fsp3) is 0.500. The summed E-state index contributed by atoms with van der Waals surface area (Å²) >= 11 is 0. The largest absolute Gasteiger partial charge is 0.336 e. The SMILES string of the molecule is CN(C(=O)c1cnc(NN)cn1)C1CCS(=O)(=O)C1. The number of nitrogens with two attached hydrogens (primary N) is 1. The molecule has 0 aromatic carbocycles. The van der Waals surface area contributed by atoms with Gasteiger partial charge in [0.15, 0.2) is 15.7 Å². The van der Waals surface area contributed by atoms with Crippen molar-refractivity contribution >= 4 is 21.6 Å². The molecule has 104 valence electrons. The molecule has 1 aliphatic heterocycles. The summed E-state index contributed by atoms with van der Waals surface area (Å²) in [6.07, 6.45) is 3.10. The highest BCUT2D eigenvalue weighted by Gasteiger charge is 2.33. The number of hydrogen-bond acceptors (Lipinski definition) is 7. The van der Waals surface area contributed by atoms with Crippen LogP contribution >= 0.6 is 0 Å². The first-order valence-corrected chi connectivity index (χ1v) is 7.51. The van der Waals surface area contributed by atoms with Gasteiger partial charge in [-0.05, 0) is 6.42 Å². The topological polar surface area (TPSA) is 118 Å². The third-order valence-corrected chi connectivity index (χ3v) is 4.85. The number of sulfone groups is 1. The lowest BCUT2D eigenvalue weighted by Crippen LogP contribution is -2.38. The minimum Gasteiger partial charge on any atom is -0.336 e. The molecule has 1 aromatic heterocycles. The number of nitrogens with one attached hydrogen (secondary N) is 1. The van der Waals surface area contributed by atoms with Crippen LogP contribution in [0.1, 0.15) is 16.9 Å². The van der Waals surface area contributed by atoms with Crippen molar-refractivity contribution in [2.75, 3.05) is 24.0 Å². The van der Waals surface area contributed by atoms with Crippen molar-refractivity contribution in [1.29, 1.82) is 0 Å². The Kier molecular flexibility index (Phi) is 3.67. The first kappa shape index (κ1) is 13.7. The van der Waals surface area contributed by atoms with Gasteiger partial charge >= 0.3 is 0 Å². The van der Waals surface area contributed by atoms with Crippen molar-refractivity contribution in [2.45, 2.75) is 12.5 Å². The Morgan fingerprint density at radius 2 is 2.21 bits per heavy atom. The molecule has 0 aliphatic carbocycles. The van der Waals surface area contributed by atoms with Crippen LogP contribution in [0.15, 0.2) is 12.4 Å². The Hall–Kier alpha value is -1.74. The van der Waals surface area contributed by atoms with E-state index in [1.165, 1.54) is 17.3 Å². The second kappa shape index (κ2) is 5.10. The van der Waals surface area contributed by atoms with Crippen LogP contribution in [0.4, 0.5) is 5.82 Å². The summed E-state index contributed by atoms with van der Waals surface area (Å²) in [6.45, 7) is 0. The number of anilines is 1. The third-order valence-electron chi connectivity index (χ3n) is 3.10. The summed E-state index contributed by atoms with van der Waals surface area (Å²) in [7, 11) is -1.45. The molecule has 3 N–H and O–H groups in total. The maximum Gasteiger partial charge on any atom is 0.274 e. The molecule has 8 nitrogen and oxygen atoms in total. The molecule has 19 heavy (non-hydrogen) atoms. The number of aromatic nitrogens is 2. The average Bonchev–Trinajstić information content (AvgIpc) is 2.77. The lowest BCUT2D eigenvalue weighted by molar-refractivity contribution is 0.0741. The molecule has 1 aromatic rings. The second-order valence-corrected chi connectivity index (χ2v) is 6.63. The predicted molar refractivity (Wildman–Crippen MR) is 69.0 cm³/mol. The molecule has 1 unspecified atom stereocenters. The molecule has 0 spiro atoms. The van der Waals surface area contributed by atoms with Crippen molar-refractivity contribution in [1.82, 2.24) is 14.9 Å². The first-order valence-electron chi connectivity index (χ1n) is 5.69. The summed E-state index contributed by atoms with van der Waals surface area (Å²) < 4.78 is 22.8. The van der Waals surface area contributed by atoms with Crippen LogP contribution in [-0.2, 0) is 9.84 Å². The number of hydrogen-bond donors (Lipinski definition) is 2. The van der Waals surface area contributed by atoms with Gasteiger partial charge in [0.05, 0.1) is 23.9 Å². The molecule has 1 fully saturated rings. The first-order chi connectivity index (χ1) is 8.93. The molecule has 0 saturated carbocycles. The summed E-state index contributed by atoms with van der Waals surface area (Å²) in [6, 6.07) is -0.299. The van der Waals surface area contributed by atoms with E-state index in [2.05, 4.69) is 15.4 Å². The van der Waals surface area contributed by atoms with Crippen LogP contribution in [0.5, 0.6) is 0 Å². The third kappa shape index (κ3) is 2.99. The van der Waals surface area contributed by atoms with Crippen molar-refractivity contribution in [2.24, 2.45) is 5.84 Å². The Bertz CT molecular complexity index is 571. The summed E-state index contributed by atoms with van der Waals surface area (Å²) in [5.74, 6) is 5.28. The second-order valence-electron chi connectivity index (χ2n) is 4.40. The van der Waals surface area contributed by atoms with Crippen molar-refractivity contribution in [3.8, 4) is 0 Å². The van der Waals surface area contributed by atoms with Gasteiger partial charge in [0.2, 0.25) is 0 Å². The highest BCUT2D eigenvalue weighted by molar-refractivity contribution is 7.91. The Labute approximate surface area is 110 Å². The van der Waals surface area contributed by atoms with E-state index in [1.54, 1.807) is 7.05 Å². The zero-order valence-corrected chi connectivity index (χ0v) is 11.2. The van der Waals surface area contributed by atoms with Crippen molar-refractivity contribution in [3.63, 3.8) is 0 Å². The van der Waals surface area contributed by atoms with E-state index in [0.29, 0.717) is 12.2 Å². The van der Waals surface area contributed by atoms with Crippen molar-refractivity contribution in [3.05, 3.63) is 18.1 Å². The summed E-state index contributed by atoms with van der Waals surface area (Å²) in [5, 5.41) is 0. The zero-order chi connectivity index (χ0) is 14.0. The number of nitrogens with zero attached hydrogens (tertiary/aromatic N) is 3. The Morgan fingerprint density at radius 1 is 1.47 bits per heavy atom. The van der Waals surface area contributed by atoms with Gasteiger partial charge in [-0.1, -0.05) is 0 Å². The van der Waals surface area contributed by atoms with E-state index in [-0.39, 0.29) is 29.1 Å². The van der Waals surface area contributed by atoms with E-state index in [1.807, 2.05) is 0 Å². The maximum absolute atomic E-state index is 12.1. The maximum atomic E-state index is 12.1. The van der Waals surface area contributed by atoms with Crippen LogP contribution in [-0.4, -0.2) is 53.8 Å². The van der Waals surface area contributed by atoms with Crippen LogP contribution < -0.4 is 11.3 Å². The molecule has 1 saturated heterocycles. The van der Waals surface area contributed by atoms with Crippen molar-refractivity contribution < 1.29 is 13.2 Å². The number of hydrazine groups is 1. The minimum atomic E-state index is -3.02. The molecule has 0 bridgehead atoms. The van der Waals surface area contributed by atoms with Crippen LogP contribution in [0.3, 0.4) is 0 Å². The van der Waals surface area contributed by atoms with Gasteiger partial charge in [0.1, 0.15) is 5.69 Å². The van der Waals surface area contributed by atoms with Gasteiger partial charge in [-0.15, -0.1) is 0 Å². The minimum absolute atomic E-state index is 0.00507. The highest BCUT2D eigenvalue weighted by atomic mass is 32.2. The normalized spacial score (nSPS) is 21.1. The molecule has 2 rings (SSSR count). The lowest BCUT2D eigenvalue weighted by atomic mass is 10.2. The molecule has 1 amide bonds. The molecule has 2 heterocycles. The molecular weight excluding hydrogens is 270 g/mol. The number of rotatable bonds is 3. The monoisotopic (exact) mass is 285 g/mol. The van der Waals surface area contributed by atoms with Gasteiger partial charge in [0, 0.05) is 13.1 Å². The number of nitrogen functional groups attached to an aromatic ring is 1. The van der Waals surface area contributed by atoms with E-state index in [0.717, 1.165) is 0 Å². The van der Waals surface area contributed by atoms with E-state index < -0.39 is 9.84 Å². The summed E-state index contributed by atoms with van der Waals surface area (Å²) in [4.78, 5) is 21.4. The molecule has 1 atom stereocenters. The zero-order valence-electron chi connectivity index (χ0n) is 10.4. The van der Waals surface area contributed by atoms with Gasteiger partial charge in [-0.2, -0.15) is 0 Å². The quantitative estimate of drug-likeness (QED) is 0.541. The lowest BCUT2D eigenvalue weighted by Gasteiger charge is -2.22. The predicted octanol–water partition coefficient (Wildman–Crippen LogP) is -0.979. The standard InChI is InChI=1S/C10H15N5O3S/c1-15(7-2-3-19(17,18)6-7)10(16)8-4-13-9(14-11)5-12-8/h4-5,7H,2-3,6,11H2,1H3,(H,13,14). The Balaban J connectivity index is 2.10. The van der Waals surface area contributed by atoms with Gasteiger partial charge < -0.3 is 10.3 Å². The number of amides is 1. The van der Waals surface area contributed by atoms with Crippen LogP contribution in [0.25, 0.3) is 0 Å². The molecular formula is C10H15N5O3S. The van der Waals surface area contributed by atoms with Gasteiger partial charge in [-0.25, -0.2) is 24.2 Å². The van der Waals surface area contributed by atoms with Crippen LogP contribution in [0, 0.1) is 0 Å². The van der Waals surface area contributed by atoms with Crippen LogP contribution in [0.2, 0.25) is 0 Å². The fourth-order valence-corrected chi connectivity index (χ4v) is 3.71. The fourth-order valence-electron chi connectivity index (χ4n) is 1.94. The molecule has 1 aliphatic rings. The van der Waals surface area contributed by atoms with Gasteiger partial charge in [-0.3, -0.25) is 4.79 Å². The van der Waals surface area contributed by atoms with E-state index >= 15 is 0 Å². The van der Waals surface area contributed by atoms with E-state index in [9.17, 15) is 13.2 Å². The smallest absolute Gasteiger partial charge is 0.274 e. The molecule has 0 radical (unpaired) electrons. The Morgan fingerprint density at radius 3 is 2.68 bits per heavy atom. The molecule has 9 heteroatoms.